The summed E-state index contributed by atoms with van der Waals surface area (Å²) in [4.78, 5) is 23.5. The van der Waals surface area contributed by atoms with Crippen molar-refractivity contribution >= 4 is 17.3 Å². The SMILES string of the molecule is COc1ccc(-c2nnc([C@H](C)OC(=O)Cn3c(C)csc3=O)o2)cc1. The van der Waals surface area contributed by atoms with E-state index in [-0.39, 0.29) is 17.3 Å². The van der Waals surface area contributed by atoms with Crippen LogP contribution in [0.2, 0.25) is 0 Å². The summed E-state index contributed by atoms with van der Waals surface area (Å²) >= 11 is 1.04. The maximum atomic E-state index is 12.1. The van der Waals surface area contributed by atoms with Crippen molar-refractivity contribution in [3.8, 4) is 17.2 Å². The number of esters is 1. The predicted octanol–water partition coefficient (Wildman–Crippen LogP) is 2.58. The van der Waals surface area contributed by atoms with E-state index in [0.29, 0.717) is 11.6 Å². The second kappa shape index (κ2) is 7.52. The number of aromatic nitrogens is 3. The molecule has 0 fully saturated rings. The molecule has 0 spiro atoms. The first-order chi connectivity index (χ1) is 12.5. The molecule has 0 aliphatic carbocycles. The highest BCUT2D eigenvalue weighted by atomic mass is 32.1. The predicted molar refractivity (Wildman–Crippen MR) is 94.1 cm³/mol. The molecule has 0 saturated heterocycles. The monoisotopic (exact) mass is 375 g/mol. The third-order valence-corrected chi connectivity index (χ3v) is 4.58. The Labute approximate surface area is 153 Å². The smallest absolute Gasteiger partial charge is 0.326 e. The van der Waals surface area contributed by atoms with Crippen LogP contribution in [0.4, 0.5) is 0 Å². The van der Waals surface area contributed by atoms with E-state index in [1.54, 1.807) is 50.6 Å². The molecule has 0 aliphatic rings. The van der Waals surface area contributed by atoms with Gasteiger partial charge in [-0.05, 0) is 38.1 Å². The number of rotatable bonds is 6. The first kappa shape index (κ1) is 17.9. The van der Waals surface area contributed by atoms with Crippen molar-refractivity contribution < 1.29 is 18.7 Å². The Morgan fingerprint density at radius 3 is 2.65 bits per heavy atom. The van der Waals surface area contributed by atoms with Crippen molar-refractivity contribution in [2.45, 2.75) is 26.5 Å². The molecule has 26 heavy (non-hydrogen) atoms. The number of hydrogen-bond donors (Lipinski definition) is 0. The highest BCUT2D eigenvalue weighted by Gasteiger charge is 2.20. The normalized spacial score (nSPS) is 12.0. The van der Waals surface area contributed by atoms with Crippen LogP contribution < -0.4 is 9.61 Å². The molecule has 3 aromatic rings. The van der Waals surface area contributed by atoms with Crippen LogP contribution >= 0.6 is 11.3 Å². The molecular formula is C17H17N3O5S. The summed E-state index contributed by atoms with van der Waals surface area (Å²) in [5.74, 6) is 0.661. The minimum Gasteiger partial charge on any atom is -0.497 e. The van der Waals surface area contributed by atoms with E-state index in [4.69, 9.17) is 13.9 Å². The average Bonchev–Trinajstić information content (AvgIpc) is 3.24. The van der Waals surface area contributed by atoms with Crippen LogP contribution in [0.1, 0.15) is 24.6 Å². The van der Waals surface area contributed by atoms with Crippen molar-refractivity contribution in [2.24, 2.45) is 0 Å². The van der Waals surface area contributed by atoms with Crippen LogP contribution in [0.3, 0.4) is 0 Å². The number of thiazole rings is 1. The van der Waals surface area contributed by atoms with Crippen molar-refractivity contribution in [2.75, 3.05) is 7.11 Å². The lowest BCUT2D eigenvalue weighted by Crippen LogP contribution is -2.23. The summed E-state index contributed by atoms with van der Waals surface area (Å²) in [6.07, 6.45) is -0.725. The number of ether oxygens (including phenoxy) is 2. The zero-order chi connectivity index (χ0) is 18.7. The number of aryl methyl sites for hydroxylation is 1. The van der Waals surface area contributed by atoms with Gasteiger partial charge in [-0.2, -0.15) is 0 Å². The zero-order valence-corrected chi connectivity index (χ0v) is 15.3. The minimum absolute atomic E-state index is 0.155. The van der Waals surface area contributed by atoms with Gasteiger partial charge in [-0.25, -0.2) is 0 Å². The molecule has 8 nitrogen and oxygen atoms in total. The van der Waals surface area contributed by atoms with Gasteiger partial charge in [0.1, 0.15) is 12.3 Å². The number of carbonyl (C=O) groups excluding carboxylic acids is 1. The molecule has 1 aromatic carbocycles. The highest BCUT2D eigenvalue weighted by molar-refractivity contribution is 7.07. The van der Waals surface area contributed by atoms with Gasteiger partial charge < -0.3 is 13.9 Å². The molecule has 0 radical (unpaired) electrons. The third-order valence-electron chi connectivity index (χ3n) is 3.70. The Hall–Kier alpha value is -2.94. The Bertz CT molecular complexity index is 957. The quantitative estimate of drug-likeness (QED) is 0.611. The molecule has 0 unspecified atom stereocenters. The molecule has 0 saturated carbocycles. The number of benzene rings is 1. The summed E-state index contributed by atoms with van der Waals surface area (Å²) in [5, 5.41) is 9.59. The van der Waals surface area contributed by atoms with Crippen LogP contribution in [0.5, 0.6) is 5.75 Å². The Balaban J connectivity index is 1.66. The second-order valence-corrected chi connectivity index (χ2v) is 6.36. The van der Waals surface area contributed by atoms with Crippen LogP contribution in [0.25, 0.3) is 11.5 Å². The van der Waals surface area contributed by atoms with Crippen LogP contribution in [-0.4, -0.2) is 27.8 Å². The van der Waals surface area contributed by atoms with Gasteiger partial charge in [-0.1, -0.05) is 11.3 Å². The van der Waals surface area contributed by atoms with E-state index in [1.807, 2.05) is 0 Å². The van der Waals surface area contributed by atoms with Crippen LogP contribution in [0, 0.1) is 6.92 Å². The maximum absolute atomic E-state index is 12.1. The molecule has 0 amide bonds. The van der Waals surface area contributed by atoms with Gasteiger partial charge in [0.2, 0.25) is 5.89 Å². The molecule has 0 bridgehead atoms. The van der Waals surface area contributed by atoms with E-state index in [0.717, 1.165) is 22.6 Å². The van der Waals surface area contributed by atoms with Gasteiger partial charge in [0.05, 0.1) is 7.11 Å². The molecule has 1 atom stereocenters. The highest BCUT2D eigenvalue weighted by Crippen LogP contribution is 2.24. The zero-order valence-electron chi connectivity index (χ0n) is 14.5. The van der Waals surface area contributed by atoms with Crippen LogP contribution in [-0.2, 0) is 16.1 Å². The topological polar surface area (TPSA) is 96.5 Å². The molecule has 0 aliphatic heterocycles. The molecule has 3 rings (SSSR count). The summed E-state index contributed by atoms with van der Waals surface area (Å²) in [7, 11) is 1.58. The summed E-state index contributed by atoms with van der Waals surface area (Å²) in [6, 6.07) is 7.14. The largest absolute Gasteiger partial charge is 0.497 e. The van der Waals surface area contributed by atoms with E-state index >= 15 is 0 Å². The number of nitrogens with zero attached hydrogens (tertiary/aromatic N) is 3. The number of carbonyl (C=O) groups is 1. The summed E-state index contributed by atoms with van der Waals surface area (Å²) in [5.41, 5.74) is 1.44. The Kier molecular flexibility index (Phi) is 5.17. The first-order valence-electron chi connectivity index (χ1n) is 7.80. The van der Waals surface area contributed by atoms with E-state index in [9.17, 15) is 9.59 Å². The minimum atomic E-state index is -0.725. The lowest BCUT2D eigenvalue weighted by atomic mass is 10.2. The van der Waals surface area contributed by atoms with Gasteiger partial charge >= 0.3 is 10.8 Å². The molecule has 2 heterocycles. The average molecular weight is 375 g/mol. The fourth-order valence-electron chi connectivity index (χ4n) is 2.26. The standard InChI is InChI=1S/C17H17N3O5S/c1-10-9-26-17(22)20(10)8-14(21)24-11(2)15-18-19-16(25-15)12-4-6-13(23-3)7-5-12/h4-7,9,11H,8H2,1-3H3/t11-/m0/s1. The van der Waals surface area contributed by atoms with E-state index in [2.05, 4.69) is 10.2 Å². The third kappa shape index (κ3) is 3.83. The van der Waals surface area contributed by atoms with Gasteiger partial charge in [-0.15, -0.1) is 10.2 Å². The Morgan fingerprint density at radius 2 is 2.04 bits per heavy atom. The van der Waals surface area contributed by atoms with Crippen LogP contribution in [0.15, 0.2) is 38.9 Å². The fraction of sp³-hybridized carbons (Fsp3) is 0.294. The molecule has 9 heteroatoms. The van der Waals surface area contributed by atoms with Gasteiger partial charge in [0, 0.05) is 16.6 Å². The lowest BCUT2D eigenvalue weighted by Gasteiger charge is -2.10. The molecule has 0 N–H and O–H groups in total. The van der Waals surface area contributed by atoms with Crippen molar-refractivity contribution in [3.05, 3.63) is 50.9 Å². The molecule has 2 aromatic heterocycles. The van der Waals surface area contributed by atoms with Crippen molar-refractivity contribution in [1.82, 2.24) is 14.8 Å². The summed E-state index contributed by atoms with van der Waals surface area (Å²) < 4.78 is 17.3. The summed E-state index contributed by atoms with van der Waals surface area (Å²) in [6.45, 7) is 3.23. The van der Waals surface area contributed by atoms with Crippen molar-refractivity contribution in [3.63, 3.8) is 0 Å². The van der Waals surface area contributed by atoms with Crippen molar-refractivity contribution in [1.29, 1.82) is 0 Å². The Morgan fingerprint density at radius 1 is 1.31 bits per heavy atom. The number of methoxy groups -OCH3 is 1. The maximum Gasteiger partial charge on any atom is 0.326 e. The number of hydrogen-bond acceptors (Lipinski definition) is 8. The van der Waals surface area contributed by atoms with E-state index in [1.165, 1.54) is 4.57 Å². The molecule has 136 valence electrons. The molecular weight excluding hydrogens is 358 g/mol. The van der Waals surface area contributed by atoms with Gasteiger partial charge in [0.25, 0.3) is 5.89 Å². The van der Waals surface area contributed by atoms with Gasteiger partial charge in [-0.3, -0.25) is 14.2 Å². The van der Waals surface area contributed by atoms with E-state index < -0.39 is 12.1 Å². The second-order valence-electron chi connectivity index (χ2n) is 5.54. The fourth-order valence-corrected chi connectivity index (χ4v) is 2.99. The lowest BCUT2D eigenvalue weighted by molar-refractivity contribution is -0.150. The first-order valence-corrected chi connectivity index (χ1v) is 8.68. The van der Waals surface area contributed by atoms with Gasteiger partial charge in [0.15, 0.2) is 6.10 Å².